The first-order valence-electron chi connectivity index (χ1n) is 7.22. The fourth-order valence-electron chi connectivity index (χ4n) is 2.50. The fraction of sp³-hybridized carbons (Fsp3) is 0.312. The molecule has 1 amide bonds. The minimum absolute atomic E-state index is 0.246. The van der Waals surface area contributed by atoms with E-state index in [1.165, 1.54) is 0 Å². The first-order chi connectivity index (χ1) is 10.5. The molecular formula is C16H18N4O2. The lowest BCUT2D eigenvalue weighted by Gasteiger charge is -2.04. The normalized spacial score (nSPS) is 11.1. The number of nitrogens with zero attached hydrogens (tertiary/aromatic N) is 3. The van der Waals surface area contributed by atoms with Crippen molar-refractivity contribution < 1.29 is 9.21 Å². The molecule has 22 heavy (non-hydrogen) atoms. The Labute approximate surface area is 128 Å². The van der Waals surface area contributed by atoms with Crippen LogP contribution in [0.15, 0.2) is 22.6 Å². The molecule has 0 radical (unpaired) electrons. The minimum atomic E-state index is -0.294. The summed E-state index contributed by atoms with van der Waals surface area (Å²) in [6, 6.07) is 5.33. The van der Waals surface area contributed by atoms with E-state index in [0.29, 0.717) is 11.1 Å². The molecule has 6 nitrogen and oxygen atoms in total. The van der Waals surface area contributed by atoms with Crippen LogP contribution < -0.4 is 5.32 Å². The number of carbonyl (C=O) groups excluding carboxylic acids is 1. The van der Waals surface area contributed by atoms with E-state index in [4.69, 9.17) is 4.42 Å². The quantitative estimate of drug-likeness (QED) is 0.805. The largest absolute Gasteiger partial charge is 0.449 e. The highest BCUT2D eigenvalue weighted by Gasteiger charge is 2.18. The molecule has 3 aromatic heterocycles. The molecule has 0 aliphatic rings. The Balaban J connectivity index is 1.92. The molecule has 0 unspecified atom stereocenters. The first-order valence-corrected chi connectivity index (χ1v) is 7.22. The fourth-order valence-corrected chi connectivity index (χ4v) is 2.50. The third-order valence-corrected chi connectivity index (χ3v) is 3.66. The number of nitrogens with one attached hydrogen (secondary N) is 1. The molecule has 0 fully saturated rings. The van der Waals surface area contributed by atoms with Gasteiger partial charge in [-0.2, -0.15) is 5.10 Å². The third kappa shape index (κ3) is 2.36. The van der Waals surface area contributed by atoms with Gasteiger partial charge in [-0.15, -0.1) is 0 Å². The van der Waals surface area contributed by atoms with Gasteiger partial charge in [-0.1, -0.05) is 0 Å². The number of hydrogen-bond donors (Lipinski definition) is 1. The van der Waals surface area contributed by atoms with Gasteiger partial charge < -0.3 is 9.73 Å². The maximum absolute atomic E-state index is 12.4. The summed E-state index contributed by atoms with van der Waals surface area (Å²) in [4.78, 5) is 16.7. The molecule has 0 bridgehead atoms. The van der Waals surface area contributed by atoms with Crippen molar-refractivity contribution in [3.63, 3.8) is 0 Å². The van der Waals surface area contributed by atoms with Gasteiger partial charge in [0.15, 0.2) is 11.3 Å². The molecule has 0 aliphatic heterocycles. The van der Waals surface area contributed by atoms with E-state index in [1.807, 2.05) is 44.5 Å². The average molecular weight is 298 g/mol. The topological polar surface area (TPSA) is 73.0 Å². The lowest BCUT2D eigenvalue weighted by molar-refractivity contribution is 0.0998. The van der Waals surface area contributed by atoms with Crippen LogP contribution in [0, 0.1) is 20.8 Å². The summed E-state index contributed by atoms with van der Waals surface area (Å²) in [6.07, 6.45) is 0. The molecule has 3 rings (SSSR count). The Bertz CT molecular complexity index is 861. The van der Waals surface area contributed by atoms with Crippen molar-refractivity contribution in [2.75, 3.05) is 5.32 Å². The Morgan fingerprint density at radius 3 is 2.77 bits per heavy atom. The number of hydrogen-bond acceptors (Lipinski definition) is 4. The summed E-state index contributed by atoms with van der Waals surface area (Å²) in [7, 11) is 0. The van der Waals surface area contributed by atoms with E-state index in [9.17, 15) is 4.79 Å². The number of amides is 1. The zero-order valence-corrected chi connectivity index (χ0v) is 13.1. The predicted octanol–water partition coefficient (Wildman–Crippen LogP) is 3.22. The number of aryl methyl sites for hydroxylation is 3. The standard InChI is InChI=1S/C16H18N4O2/c1-5-20-11(4)15(10(3)19-20)18-16(21)14-8-12-13(22-14)7-6-9(2)17-12/h6-8H,5H2,1-4H3,(H,18,21). The molecular weight excluding hydrogens is 280 g/mol. The lowest BCUT2D eigenvalue weighted by Crippen LogP contribution is -2.12. The molecule has 0 saturated carbocycles. The van der Waals surface area contributed by atoms with Crippen molar-refractivity contribution in [2.45, 2.75) is 34.2 Å². The van der Waals surface area contributed by atoms with Crippen LogP contribution in [0.25, 0.3) is 11.1 Å². The van der Waals surface area contributed by atoms with Crippen molar-refractivity contribution in [1.29, 1.82) is 0 Å². The van der Waals surface area contributed by atoms with Crippen molar-refractivity contribution in [1.82, 2.24) is 14.8 Å². The van der Waals surface area contributed by atoms with E-state index in [2.05, 4.69) is 15.4 Å². The highest BCUT2D eigenvalue weighted by atomic mass is 16.3. The number of aromatic nitrogens is 3. The van der Waals surface area contributed by atoms with Gasteiger partial charge in [-0.3, -0.25) is 9.48 Å². The summed E-state index contributed by atoms with van der Waals surface area (Å²) >= 11 is 0. The zero-order valence-electron chi connectivity index (χ0n) is 13.1. The zero-order chi connectivity index (χ0) is 15.9. The van der Waals surface area contributed by atoms with E-state index in [1.54, 1.807) is 6.07 Å². The second-order valence-electron chi connectivity index (χ2n) is 5.26. The van der Waals surface area contributed by atoms with Crippen LogP contribution in [0.5, 0.6) is 0 Å². The molecule has 0 aliphatic carbocycles. The van der Waals surface area contributed by atoms with E-state index < -0.39 is 0 Å². The van der Waals surface area contributed by atoms with Gasteiger partial charge in [-0.25, -0.2) is 4.98 Å². The third-order valence-electron chi connectivity index (χ3n) is 3.66. The van der Waals surface area contributed by atoms with Crippen molar-refractivity contribution in [3.05, 3.63) is 41.0 Å². The maximum Gasteiger partial charge on any atom is 0.291 e. The molecule has 0 atom stereocenters. The molecule has 0 saturated heterocycles. The summed E-state index contributed by atoms with van der Waals surface area (Å²) in [6.45, 7) is 8.48. The second kappa shape index (κ2) is 5.29. The Morgan fingerprint density at radius 2 is 2.09 bits per heavy atom. The summed E-state index contributed by atoms with van der Waals surface area (Å²) < 4.78 is 7.42. The Hall–Kier alpha value is -2.63. The first kappa shape index (κ1) is 14.3. The van der Waals surface area contributed by atoms with Crippen LogP contribution in [-0.2, 0) is 6.54 Å². The van der Waals surface area contributed by atoms with Gasteiger partial charge in [0, 0.05) is 18.3 Å². The number of fused-ring (bicyclic) bond motifs is 1. The van der Waals surface area contributed by atoms with Crippen molar-refractivity contribution >= 4 is 22.7 Å². The molecule has 114 valence electrons. The van der Waals surface area contributed by atoms with Crippen LogP contribution in [0.2, 0.25) is 0 Å². The maximum atomic E-state index is 12.4. The lowest BCUT2D eigenvalue weighted by atomic mass is 10.3. The molecule has 0 aromatic carbocycles. The average Bonchev–Trinajstić information content (AvgIpc) is 3.02. The van der Waals surface area contributed by atoms with Crippen molar-refractivity contribution in [3.8, 4) is 0 Å². The van der Waals surface area contributed by atoms with E-state index in [0.717, 1.165) is 29.3 Å². The number of pyridine rings is 1. The van der Waals surface area contributed by atoms with E-state index in [-0.39, 0.29) is 11.7 Å². The summed E-state index contributed by atoms with van der Waals surface area (Å²) in [5, 5.41) is 7.27. The van der Waals surface area contributed by atoms with Crippen molar-refractivity contribution in [2.24, 2.45) is 0 Å². The van der Waals surface area contributed by atoms with Crippen LogP contribution >= 0.6 is 0 Å². The smallest absolute Gasteiger partial charge is 0.291 e. The van der Waals surface area contributed by atoms with Crippen LogP contribution in [0.3, 0.4) is 0 Å². The van der Waals surface area contributed by atoms with Crippen LogP contribution in [-0.4, -0.2) is 20.7 Å². The van der Waals surface area contributed by atoms with Gasteiger partial charge >= 0.3 is 0 Å². The molecule has 6 heteroatoms. The highest BCUT2D eigenvalue weighted by molar-refractivity contribution is 6.04. The van der Waals surface area contributed by atoms with Gasteiger partial charge in [-0.05, 0) is 39.8 Å². The highest BCUT2D eigenvalue weighted by Crippen LogP contribution is 2.22. The Kier molecular flexibility index (Phi) is 3.44. The monoisotopic (exact) mass is 298 g/mol. The van der Waals surface area contributed by atoms with Crippen LogP contribution in [0.4, 0.5) is 5.69 Å². The van der Waals surface area contributed by atoms with Gasteiger partial charge in [0.2, 0.25) is 0 Å². The van der Waals surface area contributed by atoms with Gasteiger partial charge in [0.05, 0.1) is 17.1 Å². The van der Waals surface area contributed by atoms with Gasteiger partial charge in [0.1, 0.15) is 5.52 Å². The number of rotatable bonds is 3. The molecule has 3 heterocycles. The SMILES string of the molecule is CCn1nc(C)c(NC(=O)c2cc3nc(C)ccc3o2)c1C. The van der Waals surface area contributed by atoms with E-state index >= 15 is 0 Å². The summed E-state index contributed by atoms with van der Waals surface area (Å²) in [5.74, 6) is -0.0475. The number of furan rings is 1. The van der Waals surface area contributed by atoms with Gasteiger partial charge in [0.25, 0.3) is 5.91 Å². The minimum Gasteiger partial charge on any atom is -0.449 e. The number of carbonyl (C=O) groups is 1. The predicted molar refractivity (Wildman–Crippen MR) is 84.1 cm³/mol. The molecule has 0 spiro atoms. The summed E-state index contributed by atoms with van der Waals surface area (Å²) in [5.41, 5.74) is 4.63. The number of anilines is 1. The molecule has 1 N–H and O–H groups in total. The van der Waals surface area contributed by atoms with Crippen LogP contribution in [0.1, 0.15) is 34.6 Å². The molecule has 3 aromatic rings. The Morgan fingerprint density at radius 1 is 1.32 bits per heavy atom. The second-order valence-corrected chi connectivity index (χ2v) is 5.26.